The van der Waals surface area contributed by atoms with Gasteiger partial charge in [-0.3, -0.25) is 14.7 Å². The summed E-state index contributed by atoms with van der Waals surface area (Å²) in [5.74, 6) is 0.208. The van der Waals surface area contributed by atoms with Crippen LogP contribution in [0.5, 0.6) is 0 Å². The fourth-order valence-corrected chi connectivity index (χ4v) is 3.13. The van der Waals surface area contributed by atoms with E-state index in [1.165, 1.54) is 16.8 Å². The first kappa shape index (κ1) is 16.7. The van der Waals surface area contributed by atoms with Gasteiger partial charge in [0.15, 0.2) is 5.78 Å². The highest BCUT2D eigenvalue weighted by molar-refractivity contribution is 5.98. The molecule has 1 N–H and O–H groups in total. The van der Waals surface area contributed by atoms with Crippen LogP contribution in [0.3, 0.4) is 0 Å². The minimum atomic E-state index is 0.208. The molecular formula is C20H25N3O. The average molecular weight is 323 g/mol. The lowest BCUT2D eigenvalue weighted by Crippen LogP contribution is -2.31. The standard InChI is InChI=1S/C20H25N3O/c1-2-23(13-9-16-7-11-21-12-8-16)15-20(24)18-5-6-19-17(14-18)4-3-10-22-19/h5-8,11-12,14,22H,2-4,9-10,13,15H2,1H3. The van der Waals surface area contributed by atoms with E-state index in [1.807, 2.05) is 30.6 Å². The molecule has 0 atom stereocenters. The molecular weight excluding hydrogens is 298 g/mol. The van der Waals surface area contributed by atoms with Crippen molar-refractivity contribution in [2.75, 3.05) is 31.5 Å². The van der Waals surface area contributed by atoms with E-state index < -0.39 is 0 Å². The van der Waals surface area contributed by atoms with E-state index in [9.17, 15) is 4.79 Å². The van der Waals surface area contributed by atoms with E-state index in [4.69, 9.17) is 0 Å². The van der Waals surface area contributed by atoms with Crippen molar-refractivity contribution < 1.29 is 4.79 Å². The molecule has 2 heterocycles. The fourth-order valence-electron chi connectivity index (χ4n) is 3.13. The summed E-state index contributed by atoms with van der Waals surface area (Å²) in [7, 11) is 0. The van der Waals surface area contributed by atoms with Crippen LogP contribution in [0.4, 0.5) is 5.69 Å². The molecule has 1 aliphatic rings. The smallest absolute Gasteiger partial charge is 0.176 e. The van der Waals surface area contributed by atoms with Gasteiger partial charge in [-0.1, -0.05) is 6.92 Å². The molecule has 0 bridgehead atoms. The van der Waals surface area contributed by atoms with E-state index >= 15 is 0 Å². The Labute approximate surface area is 143 Å². The predicted molar refractivity (Wildman–Crippen MR) is 97.6 cm³/mol. The van der Waals surface area contributed by atoms with Crippen molar-refractivity contribution in [3.05, 3.63) is 59.4 Å². The molecule has 0 radical (unpaired) electrons. The molecule has 1 aliphatic heterocycles. The van der Waals surface area contributed by atoms with Gasteiger partial charge >= 0.3 is 0 Å². The summed E-state index contributed by atoms with van der Waals surface area (Å²) < 4.78 is 0. The highest BCUT2D eigenvalue weighted by Crippen LogP contribution is 2.23. The second kappa shape index (κ2) is 8.06. The van der Waals surface area contributed by atoms with Crippen LogP contribution in [0, 0.1) is 0 Å². The van der Waals surface area contributed by atoms with Crippen molar-refractivity contribution in [3.8, 4) is 0 Å². The first-order valence-corrected chi connectivity index (χ1v) is 8.77. The first-order valence-electron chi connectivity index (χ1n) is 8.77. The Bertz CT molecular complexity index is 685. The minimum absolute atomic E-state index is 0.208. The average Bonchev–Trinajstić information content (AvgIpc) is 2.65. The molecule has 0 saturated carbocycles. The molecule has 2 aromatic rings. The number of carbonyl (C=O) groups is 1. The van der Waals surface area contributed by atoms with Crippen molar-refractivity contribution in [2.45, 2.75) is 26.2 Å². The molecule has 1 aromatic carbocycles. The Morgan fingerprint density at radius 2 is 2.08 bits per heavy atom. The Hall–Kier alpha value is -2.20. The number of anilines is 1. The number of fused-ring (bicyclic) bond motifs is 1. The fraction of sp³-hybridized carbons (Fsp3) is 0.400. The van der Waals surface area contributed by atoms with Crippen molar-refractivity contribution in [1.82, 2.24) is 9.88 Å². The van der Waals surface area contributed by atoms with Crippen molar-refractivity contribution in [3.63, 3.8) is 0 Å². The van der Waals surface area contributed by atoms with E-state index in [2.05, 4.69) is 34.3 Å². The SMILES string of the molecule is CCN(CCc1ccncc1)CC(=O)c1ccc2c(c1)CCCN2. The summed E-state index contributed by atoms with van der Waals surface area (Å²) in [6.45, 7) is 5.38. The summed E-state index contributed by atoms with van der Waals surface area (Å²) in [5.41, 5.74) is 4.55. The number of Topliss-reactive ketones (excluding diaryl/α,β-unsaturated/α-hetero) is 1. The molecule has 0 saturated heterocycles. The lowest BCUT2D eigenvalue weighted by molar-refractivity contribution is 0.0934. The summed E-state index contributed by atoms with van der Waals surface area (Å²) in [6.07, 6.45) is 6.77. The molecule has 0 aliphatic carbocycles. The summed E-state index contributed by atoms with van der Waals surface area (Å²) >= 11 is 0. The van der Waals surface area contributed by atoms with Gasteiger partial charge in [-0.2, -0.15) is 0 Å². The Balaban J connectivity index is 1.60. The van der Waals surface area contributed by atoms with E-state index in [-0.39, 0.29) is 5.78 Å². The molecule has 0 fully saturated rings. The normalized spacial score (nSPS) is 13.4. The number of rotatable bonds is 7. The number of nitrogens with one attached hydrogen (secondary N) is 1. The molecule has 3 rings (SSSR count). The van der Waals surface area contributed by atoms with Gasteiger partial charge in [0.05, 0.1) is 6.54 Å². The lowest BCUT2D eigenvalue weighted by Gasteiger charge is -2.21. The predicted octanol–water partition coefficient (Wildman–Crippen LogP) is 3.19. The van der Waals surface area contributed by atoms with Gasteiger partial charge in [0.2, 0.25) is 0 Å². The number of benzene rings is 1. The Morgan fingerprint density at radius 3 is 2.88 bits per heavy atom. The zero-order chi connectivity index (χ0) is 16.8. The summed E-state index contributed by atoms with van der Waals surface area (Å²) in [4.78, 5) is 18.9. The van der Waals surface area contributed by atoms with Crippen molar-refractivity contribution >= 4 is 11.5 Å². The van der Waals surface area contributed by atoms with Gasteiger partial charge < -0.3 is 5.32 Å². The summed E-state index contributed by atoms with van der Waals surface area (Å²) in [6, 6.07) is 10.1. The van der Waals surface area contributed by atoms with Gasteiger partial charge in [0, 0.05) is 36.7 Å². The van der Waals surface area contributed by atoms with Crippen LogP contribution in [-0.2, 0) is 12.8 Å². The quantitative estimate of drug-likeness (QED) is 0.795. The van der Waals surface area contributed by atoms with Gasteiger partial charge in [0.1, 0.15) is 0 Å². The number of likely N-dealkylation sites (N-methyl/N-ethyl adjacent to an activating group) is 1. The number of aryl methyl sites for hydroxylation is 1. The Kier molecular flexibility index (Phi) is 5.59. The number of hydrogen-bond acceptors (Lipinski definition) is 4. The lowest BCUT2D eigenvalue weighted by atomic mass is 9.99. The first-order chi connectivity index (χ1) is 11.8. The number of aromatic nitrogens is 1. The molecule has 4 nitrogen and oxygen atoms in total. The van der Waals surface area contributed by atoms with Gasteiger partial charge in [0.25, 0.3) is 0 Å². The van der Waals surface area contributed by atoms with E-state index in [1.54, 1.807) is 0 Å². The van der Waals surface area contributed by atoms with Crippen LogP contribution in [-0.4, -0.2) is 41.8 Å². The topological polar surface area (TPSA) is 45.2 Å². The third-order valence-corrected chi connectivity index (χ3v) is 4.65. The van der Waals surface area contributed by atoms with Gasteiger partial charge in [-0.05, 0) is 67.3 Å². The zero-order valence-electron chi connectivity index (χ0n) is 14.3. The third-order valence-electron chi connectivity index (χ3n) is 4.65. The van der Waals surface area contributed by atoms with Crippen LogP contribution in [0.2, 0.25) is 0 Å². The molecule has 0 spiro atoms. The van der Waals surface area contributed by atoms with Crippen molar-refractivity contribution in [1.29, 1.82) is 0 Å². The maximum Gasteiger partial charge on any atom is 0.176 e. The number of hydrogen-bond donors (Lipinski definition) is 1. The number of ketones is 1. The second-order valence-electron chi connectivity index (χ2n) is 6.30. The van der Waals surface area contributed by atoms with Crippen LogP contribution in [0.1, 0.15) is 34.8 Å². The van der Waals surface area contributed by atoms with Crippen molar-refractivity contribution in [2.24, 2.45) is 0 Å². The molecule has 0 amide bonds. The number of nitrogens with zero attached hydrogens (tertiary/aromatic N) is 2. The van der Waals surface area contributed by atoms with Gasteiger partial charge in [-0.25, -0.2) is 0 Å². The monoisotopic (exact) mass is 323 g/mol. The summed E-state index contributed by atoms with van der Waals surface area (Å²) in [5, 5.41) is 3.39. The van der Waals surface area contributed by atoms with Crippen LogP contribution in [0.25, 0.3) is 0 Å². The molecule has 1 aromatic heterocycles. The maximum atomic E-state index is 12.6. The van der Waals surface area contributed by atoms with Crippen LogP contribution in [0.15, 0.2) is 42.7 Å². The van der Waals surface area contributed by atoms with Crippen LogP contribution >= 0.6 is 0 Å². The highest BCUT2D eigenvalue weighted by atomic mass is 16.1. The molecule has 126 valence electrons. The largest absolute Gasteiger partial charge is 0.385 e. The van der Waals surface area contributed by atoms with E-state index in [0.717, 1.165) is 44.5 Å². The van der Waals surface area contributed by atoms with Gasteiger partial charge in [-0.15, -0.1) is 0 Å². The molecule has 24 heavy (non-hydrogen) atoms. The number of carbonyl (C=O) groups excluding carboxylic acids is 1. The highest BCUT2D eigenvalue weighted by Gasteiger charge is 2.15. The van der Waals surface area contributed by atoms with Crippen LogP contribution < -0.4 is 5.32 Å². The Morgan fingerprint density at radius 1 is 1.25 bits per heavy atom. The zero-order valence-corrected chi connectivity index (χ0v) is 14.3. The third kappa shape index (κ3) is 4.20. The minimum Gasteiger partial charge on any atom is -0.385 e. The van der Waals surface area contributed by atoms with E-state index in [0.29, 0.717) is 6.54 Å². The molecule has 0 unspecified atom stereocenters. The number of pyridine rings is 1. The second-order valence-corrected chi connectivity index (χ2v) is 6.30. The maximum absolute atomic E-state index is 12.6. The molecule has 4 heteroatoms.